The van der Waals surface area contributed by atoms with Crippen molar-refractivity contribution < 1.29 is 22.7 Å². The maximum Gasteiger partial charge on any atom is 0.417 e. The van der Waals surface area contributed by atoms with Gasteiger partial charge >= 0.3 is 6.18 Å². The van der Waals surface area contributed by atoms with E-state index in [1.54, 1.807) is 12.1 Å². The van der Waals surface area contributed by atoms with Crippen molar-refractivity contribution in [1.29, 1.82) is 0 Å². The Labute approximate surface area is 101 Å². The number of hydrogen-bond donors (Lipinski definition) is 1. The molecule has 0 radical (unpaired) electrons. The first-order chi connectivity index (χ1) is 8.47. The van der Waals surface area contributed by atoms with Gasteiger partial charge < -0.3 is 9.52 Å². The van der Waals surface area contributed by atoms with E-state index in [0.717, 1.165) is 12.1 Å². The Balaban J connectivity index is 2.10. The maximum absolute atomic E-state index is 12.3. The van der Waals surface area contributed by atoms with Crippen LogP contribution in [0.3, 0.4) is 0 Å². The predicted octanol–water partition coefficient (Wildman–Crippen LogP) is 2.97. The normalized spacial score (nSPS) is 13.6. The zero-order valence-corrected chi connectivity index (χ0v) is 9.19. The first-order valence-corrected chi connectivity index (χ1v) is 5.20. The molecule has 18 heavy (non-hydrogen) atoms. The Bertz CT molecular complexity index is 491. The number of nitrogens with zero attached hydrogens (tertiary/aromatic N) is 1. The molecule has 2 aromatic rings. The average Bonchev–Trinajstić information content (AvgIpc) is 2.81. The van der Waals surface area contributed by atoms with Crippen molar-refractivity contribution in [2.75, 3.05) is 0 Å². The number of pyridine rings is 1. The van der Waals surface area contributed by atoms with Crippen molar-refractivity contribution in [3.8, 4) is 0 Å². The summed E-state index contributed by atoms with van der Waals surface area (Å²) in [5.41, 5.74) is -0.657. The van der Waals surface area contributed by atoms with Crippen LogP contribution in [0.4, 0.5) is 13.2 Å². The summed E-state index contributed by atoms with van der Waals surface area (Å²) >= 11 is 0. The van der Waals surface area contributed by atoms with Crippen molar-refractivity contribution in [1.82, 2.24) is 4.98 Å². The van der Waals surface area contributed by atoms with Gasteiger partial charge in [-0.15, -0.1) is 0 Å². The highest BCUT2D eigenvalue weighted by Gasteiger charge is 2.30. The third-order valence-electron chi connectivity index (χ3n) is 2.43. The largest absolute Gasteiger partial charge is 0.469 e. The summed E-state index contributed by atoms with van der Waals surface area (Å²) in [7, 11) is 0. The van der Waals surface area contributed by atoms with Gasteiger partial charge in [-0.25, -0.2) is 0 Å². The number of furan rings is 1. The van der Waals surface area contributed by atoms with Crippen molar-refractivity contribution >= 4 is 0 Å². The molecule has 0 bridgehead atoms. The number of hydrogen-bond acceptors (Lipinski definition) is 3. The molecule has 1 atom stereocenters. The van der Waals surface area contributed by atoms with Gasteiger partial charge in [0.15, 0.2) is 0 Å². The molecule has 0 aliphatic rings. The standard InChI is InChI=1S/C12H10F3NO2/c13-12(14,15)8-3-4-10(16-7-8)11(17)6-9-2-1-5-18-9/h1-5,7,11,17H,6H2. The van der Waals surface area contributed by atoms with Crippen LogP contribution >= 0.6 is 0 Å². The van der Waals surface area contributed by atoms with E-state index in [9.17, 15) is 18.3 Å². The van der Waals surface area contributed by atoms with Crippen LogP contribution in [0.2, 0.25) is 0 Å². The number of aliphatic hydroxyl groups excluding tert-OH is 1. The Morgan fingerprint density at radius 3 is 2.56 bits per heavy atom. The average molecular weight is 257 g/mol. The van der Waals surface area contributed by atoms with Gasteiger partial charge in [-0.3, -0.25) is 4.98 Å². The fourth-order valence-electron chi connectivity index (χ4n) is 1.49. The summed E-state index contributed by atoms with van der Waals surface area (Å²) in [6.07, 6.45) is -3.07. The van der Waals surface area contributed by atoms with E-state index in [0.29, 0.717) is 12.0 Å². The molecule has 3 nitrogen and oxygen atoms in total. The van der Waals surface area contributed by atoms with E-state index in [1.165, 1.54) is 6.26 Å². The summed E-state index contributed by atoms with van der Waals surface area (Å²) in [6, 6.07) is 5.40. The first kappa shape index (κ1) is 12.6. The minimum absolute atomic E-state index is 0.172. The fourth-order valence-corrected chi connectivity index (χ4v) is 1.49. The van der Waals surface area contributed by atoms with Crippen molar-refractivity contribution in [2.45, 2.75) is 18.7 Å². The first-order valence-electron chi connectivity index (χ1n) is 5.20. The quantitative estimate of drug-likeness (QED) is 0.919. The number of alkyl halides is 3. The lowest BCUT2D eigenvalue weighted by Gasteiger charge is -2.10. The molecule has 1 N–H and O–H groups in total. The minimum atomic E-state index is -4.42. The monoisotopic (exact) mass is 257 g/mol. The van der Waals surface area contributed by atoms with E-state index < -0.39 is 17.8 Å². The molecule has 1 unspecified atom stereocenters. The van der Waals surface area contributed by atoms with E-state index in [-0.39, 0.29) is 12.1 Å². The number of aliphatic hydroxyl groups is 1. The summed E-state index contributed by atoms with van der Waals surface area (Å²) in [5, 5.41) is 9.78. The van der Waals surface area contributed by atoms with Crippen LogP contribution in [0.1, 0.15) is 23.1 Å². The second-order valence-electron chi connectivity index (χ2n) is 3.77. The molecule has 0 amide bonds. The molecule has 0 saturated heterocycles. The smallest absolute Gasteiger partial charge is 0.417 e. The Hall–Kier alpha value is -1.82. The Morgan fingerprint density at radius 1 is 1.28 bits per heavy atom. The second-order valence-corrected chi connectivity index (χ2v) is 3.77. The lowest BCUT2D eigenvalue weighted by molar-refractivity contribution is -0.137. The summed E-state index contributed by atoms with van der Waals surface area (Å²) in [5.74, 6) is 0.546. The number of halogens is 3. The van der Waals surface area contributed by atoms with Gasteiger partial charge in [-0.1, -0.05) is 0 Å². The van der Waals surface area contributed by atoms with Gasteiger partial charge in [0.1, 0.15) is 11.9 Å². The molecular weight excluding hydrogens is 247 g/mol. The van der Waals surface area contributed by atoms with Crippen molar-refractivity contribution in [2.24, 2.45) is 0 Å². The van der Waals surface area contributed by atoms with Gasteiger partial charge in [0.25, 0.3) is 0 Å². The highest BCUT2D eigenvalue weighted by Crippen LogP contribution is 2.29. The zero-order chi connectivity index (χ0) is 13.2. The van der Waals surface area contributed by atoms with Crippen LogP contribution in [-0.2, 0) is 12.6 Å². The third kappa shape index (κ3) is 2.89. The maximum atomic E-state index is 12.3. The van der Waals surface area contributed by atoms with Crippen LogP contribution in [0, 0.1) is 0 Å². The van der Waals surface area contributed by atoms with E-state index in [1.807, 2.05) is 0 Å². The van der Waals surface area contributed by atoms with Crippen LogP contribution in [0.25, 0.3) is 0 Å². The lowest BCUT2D eigenvalue weighted by atomic mass is 10.1. The third-order valence-corrected chi connectivity index (χ3v) is 2.43. The molecule has 0 fully saturated rings. The number of rotatable bonds is 3. The summed E-state index contributed by atoms with van der Waals surface area (Å²) in [4.78, 5) is 3.61. The molecular formula is C12H10F3NO2. The molecule has 0 aliphatic carbocycles. The Morgan fingerprint density at radius 2 is 2.06 bits per heavy atom. The molecule has 0 aromatic carbocycles. The SMILES string of the molecule is OC(Cc1ccco1)c1ccc(C(F)(F)F)cn1. The highest BCUT2D eigenvalue weighted by molar-refractivity contribution is 5.19. The van der Waals surface area contributed by atoms with E-state index >= 15 is 0 Å². The van der Waals surface area contributed by atoms with E-state index in [2.05, 4.69) is 4.98 Å². The minimum Gasteiger partial charge on any atom is -0.469 e. The molecule has 2 aromatic heterocycles. The van der Waals surface area contributed by atoms with Crippen LogP contribution < -0.4 is 0 Å². The van der Waals surface area contributed by atoms with Gasteiger partial charge in [0.2, 0.25) is 0 Å². The molecule has 0 spiro atoms. The Kier molecular flexibility index (Phi) is 3.38. The van der Waals surface area contributed by atoms with Gasteiger partial charge in [0, 0.05) is 12.6 Å². The van der Waals surface area contributed by atoms with Gasteiger partial charge in [0.05, 0.1) is 17.5 Å². The molecule has 96 valence electrons. The summed E-state index contributed by atoms with van der Waals surface area (Å²) < 4.78 is 42.0. The predicted molar refractivity (Wildman–Crippen MR) is 56.6 cm³/mol. The van der Waals surface area contributed by atoms with Crippen molar-refractivity contribution in [3.63, 3.8) is 0 Å². The fraction of sp³-hybridized carbons (Fsp3) is 0.250. The molecule has 6 heteroatoms. The second kappa shape index (κ2) is 4.81. The molecule has 0 saturated carbocycles. The van der Waals surface area contributed by atoms with Crippen LogP contribution in [0.5, 0.6) is 0 Å². The molecule has 2 heterocycles. The highest BCUT2D eigenvalue weighted by atomic mass is 19.4. The topological polar surface area (TPSA) is 46.3 Å². The van der Waals surface area contributed by atoms with E-state index in [4.69, 9.17) is 4.42 Å². The molecule has 2 rings (SSSR count). The number of aromatic nitrogens is 1. The summed E-state index contributed by atoms with van der Waals surface area (Å²) in [6.45, 7) is 0. The zero-order valence-electron chi connectivity index (χ0n) is 9.19. The van der Waals surface area contributed by atoms with Crippen molar-refractivity contribution in [3.05, 3.63) is 53.7 Å². The van der Waals surface area contributed by atoms with Crippen LogP contribution in [-0.4, -0.2) is 10.1 Å². The lowest BCUT2D eigenvalue weighted by Crippen LogP contribution is -2.08. The van der Waals surface area contributed by atoms with Gasteiger partial charge in [-0.2, -0.15) is 13.2 Å². The molecule has 0 aliphatic heterocycles. The van der Waals surface area contributed by atoms with Crippen LogP contribution in [0.15, 0.2) is 41.1 Å². The van der Waals surface area contributed by atoms with Gasteiger partial charge in [-0.05, 0) is 24.3 Å².